The molecule has 0 amide bonds. The third-order valence-corrected chi connectivity index (χ3v) is 3.70. The predicted octanol–water partition coefficient (Wildman–Crippen LogP) is 2.06. The number of thiol groups is 1. The Hall–Kier alpha value is 0.487. The topological polar surface area (TPSA) is 18.5 Å². The van der Waals surface area contributed by atoms with Crippen molar-refractivity contribution in [3.8, 4) is 0 Å². The van der Waals surface area contributed by atoms with Crippen LogP contribution < -0.4 is 0 Å². The largest absolute Gasteiger partial charge is 0.395 e. The van der Waals surface area contributed by atoms with Gasteiger partial charge in [0.05, 0.1) is 6.10 Å². The van der Waals surface area contributed by atoms with E-state index in [9.17, 15) is 0 Å². The van der Waals surface area contributed by atoms with Gasteiger partial charge in [-0.25, -0.2) is 0 Å². The van der Waals surface area contributed by atoms with E-state index in [1.807, 2.05) is 13.8 Å². The molecule has 0 saturated heterocycles. The van der Waals surface area contributed by atoms with Gasteiger partial charge in [0.15, 0.2) is 0 Å². The normalized spacial score (nSPS) is 15.0. The van der Waals surface area contributed by atoms with Crippen LogP contribution in [0.1, 0.15) is 13.8 Å². The summed E-state index contributed by atoms with van der Waals surface area (Å²) in [6.07, 6.45) is 0.201. The summed E-state index contributed by atoms with van der Waals surface area (Å²) >= 11 is 4.14. The molecule has 0 N–H and O–H groups in total. The zero-order chi connectivity index (χ0) is 8.91. The Morgan fingerprint density at radius 3 is 2.36 bits per heavy atom. The average molecular weight is 194 g/mol. The first-order chi connectivity index (χ1) is 5.02. The minimum atomic E-state index is -1.84. The summed E-state index contributed by atoms with van der Waals surface area (Å²) in [5.41, 5.74) is 0. The molecule has 0 aromatic heterocycles. The standard InChI is InChI=1S/C7H18O2SSi/c1-5-8-11(3,4)9-7(2)6-10/h7,10H,5-6H2,1-4H3. The van der Waals surface area contributed by atoms with Gasteiger partial charge in [0.25, 0.3) is 0 Å². The molecule has 0 aliphatic heterocycles. The SMILES string of the molecule is CCO[Si](C)(C)OC(C)CS. The highest BCUT2D eigenvalue weighted by atomic mass is 32.1. The monoisotopic (exact) mass is 194 g/mol. The van der Waals surface area contributed by atoms with E-state index in [1.165, 1.54) is 0 Å². The molecule has 0 aromatic rings. The second-order valence-electron chi connectivity index (χ2n) is 2.94. The zero-order valence-corrected chi connectivity index (χ0v) is 9.65. The molecule has 0 aliphatic rings. The quantitative estimate of drug-likeness (QED) is 0.533. The van der Waals surface area contributed by atoms with Gasteiger partial charge < -0.3 is 8.85 Å². The lowest BCUT2D eigenvalue weighted by Gasteiger charge is -2.25. The van der Waals surface area contributed by atoms with E-state index in [2.05, 4.69) is 25.7 Å². The van der Waals surface area contributed by atoms with E-state index in [-0.39, 0.29) is 6.10 Å². The Labute approximate surface area is 75.9 Å². The first kappa shape index (κ1) is 11.5. The van der Waals surface area contributed by atoms with Gasteiger partial charge in [-0.2, -0.15) is 12.6 Å². The average Bonchev–Trinajstić information content (AvgIpc) is 1.86. The van der Waals surface area contributed by atoms with Gasteiger partial charge >= 0.3 is 8.56 Å². The van der Waals surface area contributed by atoms with Gasteiger partial charge in [0, 0.05) is 12.4 Å². The van der Waals surface area contributed by atoms with Crippen LogP contribution in [0.5, 0.6) is 0 Å². The molecule has 68 valence electrons. The van der Waals surface area contributed by atoms with E-state index in [0.717, 1.165) is 12.4 Å². The molecule has 0 bridgehead atoms. The predicted molar refractivity (Wildman–Crippen MR) is 53.5 cm³/mol. The van der Waals surface area contributed by atoms with Crippen LogP contribution in [0.3, 0.4) is 0 Å². The van der Waals surface area contributed by atoms with E-state index >= 15 is 0 Å². The molecule has 0 radical (unpaired) electrons. The molecule has 1 unspecified atom stereocenters. The summed E-state index contributed by atoms with van der Waals surface area (Å²) in [6.45, 7) is 8.84. The number of hydrogen-bond acceptors (Lipinski definition) is 3. The lowest BCUT2D eigenvalue weighted by molar-refractivity contribution is 0.150. The van der Waals surface area contributed by atoms with E-state index in [0.29, 0.717) is 0 Å². The van der Waals surface area contributed by atoms with Crippen molar-refractivity contribution in [2.75, 3.05) is 12.4 Å². The van der Waals surface area contributed by atoms with Crippen LogP contribution in [0, 0.1) is 0 Å². The van der Waals surface area contributed by atoms with Crippen molar-refractivity contribution in [1.29, 1.82) is 0 Å². The molecule has 0 saturated carbocycles. The van der Waals surface area contributed by atoms with Crippen LogP contribution in [0.25, 0.3) is 0 Å². The fourth-order valence-corrected chi connectivity index (χ4v) is 2.93. The van der Waals surface area contributed by atoms with Gasteiger partial charge in [-0.05, 0) is 26.9 Å². The molecule has 11 heavy (non-hydrogen) atoms. The van der Waals surface area contributed by atoms with Crippen molar-refractivity contribution in [2.24, 2.45) is 0 Å². The maximum atomic E-state index is 5.67. The first-order valence-corrected chi connectivity index (χ1v) is 7.39. The van der Waals surface area contributed by atoms with Crippen molar-refractivity contribution in [3.05, 3.63) is 0 Å². The molecular weight excluding hydrogens is 176 g/mol. The molecule has 0 heterocycles. The first-order valence-electron chi connectivity index (χ1n) is 3.94. The van der Waals surface area contributed by atoms with Crippen LogP contribution in [0.4, 0.5) is 0 Å². The molecular formula is C7H18O2SSi. The smallest absolute Gasteiger partial charge is 0.331 e. The van der Waals surface area contributed by atoms with Crippen LogP contribution in [-0.2, 0) is 8.85 Å². The Bertz CT molecular complexity index is 109. The molecule has 0 spiro atoms. The molecule has 2 nitrogen and oxygen atoms in total. The maximum Gasteiger partial charge on any atom is 0.331 e. The summed E-state index contributed by atoms with van der Waals surface area (Å²) in [5, 5.41) is 0. The van der Waals surface area contributed by atoms with Crippen molar-refractivity contribution >= 4 is 21.2 Å². The van der Waals surface area contributed by atoms with Gasteiger partial charge in [0.2, 0.25) is 0 Å². The molecule has 0 aromatic carbocycles. The summed E-state index contributed by atoms with van der Waals surface area (Å²) in [7, 11) is -1.84. The molecule has 1 atom stereocenters. The second kappa shape index (κ2) is 5.19. The van der Waals surface area contributed by atoms with Crippen LogP contribution in [0.2, 0.25) is 13.1 Å². The third kappa shape index (κ3) is 5.72. The fraction of sp³-hybridized carbons (Fsp3) is 1.00. The Balaban J connectivity index is 3.70. The fourth-order valence-electron chi connectivity index (χ4n) is 0.903. The van der Waals surface area contributed by atoms with Gasteiger partial charge in [-0.3, -0.25) is 0 Å². The summed E-state index contributed by atoms with van der Waals surface area (Å²) in [4.78, 5) is 0. The van der Waals surface area contributed by atoms with Gasteiger partial charge in [-0.15, -0.1) is 0 Å². The summed E-state index contributed by atoms with van der Waals surface area (Å²) < 4.78 is 11.2. The lowest BCUT2D eigenvalue weighted by Crippen LogP contribution is -2.38. The third-order valence-electron chi connectivity index (χ3n) is 1.23. The minimum Gasteiger partial charge on any atom is -0.395 e. The highest BCUT2D eigenvalue weighted by Gasteiger charge is 2.25. The molecule has 0 fully saturated rings. The van der Waals surface area contributed by atoms with Gasteiger partial charge in [0.1, 0.15) is 0 Å². The Morgan fingerprint density at radius 1 is 1.45 bits per heavy atom. The van der Waals surface area contributed by atoms with E-state index in [1.54, 1.807) is 0 Å². The van der Waals surface area contributed by atoms with Crippen LogP contribution >= 0.6 is 12.6 Å². The van der Waals surface area contributed by atoms with Crippen molar-refractivity contribution in [2.45, 2.75) is 33.0 Å². The molecule has 0 rings (SSSR count). The molecule has 0 aliphatic carbocycles. The minimum absolute atomic E-state index is 0.201. The summed E-state index contributed by atoms with van der Waals surface area (Å²) in [5.74, 6) is 0.753. The number of rotatable bonds is 5. The highest BCUT2D eigenvalue weighted by Crippen LogP contribution is 2.09. The maximum absolute atomic E-state index is 5.67. The summed E-state index contributed by atoms with van der Waals surface area (Å²) in [6, 6.07) is 0. The van der Waals surface area contributed by atoms with Crippen LogP contribution in [-0.4, -0.2) is 27.0 Å². The van der Waals surface area contributed by atoms with Crippen LogP contribution in [0.15, 0.2) is 0 Å². The zero-order valence-electron chi connectivity index (χ0n) is 7.76. The highest BCUT2D eigenvalue weighted by molar-refractivity contribution is 7.80. The van der Waals surface area contributed by atoms with Crippen molar-refractivity contribution in [3.63, 3.8) is 0 Å². The second-order valence-corrected chi connectivity index (χ2v) is 6.63. The van der Waals surface area contributed by atoms with Crippen molar-refractivity contribution < 1.29 is 8.85 Å². The van der Waals surface area contributed by atoms with E-state index in [4.69, 9.17) is 8.85 Å². The Kier molecular flexibility index (Phi) is 5.42. The Morgan fingerprint density at radius 2 is 2.00 bits per heavy atom. The molecule has 4 heteroatoms. The van der Waals surface area contributed by atoms with Gasteiger partial charge in [-0.1, -0.05) is 0 Å². The lowest BCUT2D eigenvalue weighted by atomic mass is 10.5. The number of hydrogen-bond donors (Lipinski definition) is 1. The van der Waals surface area contributed by atoms with E-state index < -0.39 is 8.56 Å². The van der Waals surface area contributed by atoms with Crippen molar-refractivity contribution in [1.82, 2.24) is 0 Å².